The van der Waals surface area contributed by atoms with E-state index in [0.717, 1.165) is 92.3 Å². The molecule has 0 aliphatic heterocycles. The van der Waals surface area contributed by atoms with Crippen LogP contribution in [0.25, 0.3) is 10.8 Å². The molecule has 0 heterocycles. The van der Waals surface area contributed by atoms with Gasteiger partial charge >= 0.3 is 0 Å². The van der Waals surface area contributed by atoms with Crippen LogP contribution in [0, 0.1) is 26.7 Å². The van der Waals surface area contributed by atoms with Gasteiger partial charge in [-0.1, -0.05) is 113 Å². The third-order valence-corrected chi connectivity index (χ3v) is 14.4. The summed E-state index contributed by atoms with van der Waals surface area (Å²) in [4.78, 5) is 11.7. The van der Waals surface area contributed by atoms with Gasteiger partial charge in [0.2, 0.25) is 5.91 Å². The van der Waals surface area contributed by atoms with Gasteiger partial charge < -0.3 is 57.4 Å². The normalized spacial score (nSPS) is 12.1. The molecule has 82 heavy (non-hydrogen) atoms. The number of ether oxygens (including phenoxy) is 11. The molecule has 0 aromatic heterocycles. The fraction of sp³-hybridized carbons (Fsp3) is 0.485. The first-order valence-corrected chi connectivity index (χ1v) is 29.0. The number of hydrogen-bond donors (Lipinski definition) is 1. The van der Waals surface area contributed by atoms with Crippen molar-refractivity contribution in [1.82, 2.24) is 5.32 Å². The van der Waals surface area contributed by atoms with Crippen molar-refractivity contribution in [3.05, 3.63) is 157 Å². The zero-order valence-corrected chi connectivity index (χ0v) is 52.5. The Labute approximate surface area is 495 Å². The van der Waals surface area contributed by atoms with Crippen molar-refractivity contribution in [2.45, 2.75) is 133 Å². The van der Waals surface area contributed by atoms with Crippen molar-refractivity contribution < 1.29 is 56.9 Å². The minimum Gasteiger partial charge on any atom is -0.491 e. The molecule has 6 aromatic rings. The Bertz CT molecular complexity index is 2780. The minimum atomic E-state index is 0.0572. The number of benzene rings is 6. The highest BCUT2D eigenvalue weighted by Crippen LogP contribution is 2.33. The van der Waals surface area contributed by atoms with Gasteiger partial charge in [-0.15, -0.1) is 0 Å². The number of carbonyl (C=O) groups is 1. The van der Waals surface area contributed by atoms with Gasteiger partial charge in [-0.2, -0.15) is 0 Å². The molecule has 6 aromatic carbocycles. The molecule has 6 rings (SSSR count). The number of rotatable bonds is 32. The first kappa shape index (κ1) is 68.6. The second-order valence-electron chi connectivity index (χ2n) is 20.7. The van der Waals surface area contributed by atoms with Crippen molar-refractivity contribution in [3.8, 4) is 28.7 Å². The highest BCUT2D eigenvalue weighted by Gasteiger charge is 2.16. The predicted molar refractivity (Wildman–Crippen MR) is 331 cm³/mol. The standard InChI is InChI=1S/C27H34O4.C24H33ClO5.C17H27NO3/c1-6-20(3)21-7-8-23-16-26(10-9-22(23)15-21)30-11-12-31-27-24(17-28-4)13-19(2)14-25(27)18-29-5;1-6-17(2)19-7-8-23(22(25)13-19)29-9-10-30-24-20(15-27-4)11-18(14-26-3)12-21(24)16-28-5;1-6-12(2)17(19)18-7-8-21-16-13(3)9-15(11-20-5)10-14(16)4/h7-10,13-16,20H,6,11-12,17-18H2,1-5H3;7-8,11-13,17H,6,9-10,14-16H2,1-5H3;9-10,12H,6-8,11H2,1-5H3,(H,18,19). The van der Waals surface area contributed by atoms with E-state index in [0.29, 0.717) is 102 Å². The number of carbonyl (C=O) groups excluding carboxylic acids is 1. The van der Waals surface area contributed by atoms with Crippen LogP contribution in [-0.2, 0) is 72.9 Å². The SMILES string of the molecule is CCC(C)C(=O)NCCOc1c(C)cc(COC)cc1C.CCC(C)c1ccc(OCCOc2c(COC)cc(COC)cc2COC)c(Cl)c1.CCC(C)c1ccc2cc(OCCOc3c(COC)cc(C)cc3COC)ccc2c1. The molecule has 0 bridgehead atoms. The summed E-state index contributed by atoms with van der Waals surface area (Å²) in [6.45, 7) is 24.6. The Morgan fingerprint density at radius 3 is 1.40 bits per heavy atom. The Hall–Kier alpha value is -5.90. The summed E-state index contributed by atoms with van der Waals surface area (Å²) in [5, 5.41) is 5.95. The van der Waals surface area contributed by atoms with Gasteiger partial charge in [0.1, 0.15) is 61.8 Å². The third-order valence-electron chi connectivity index (χ3n) is 14.1. The van der Waals surface area contributed by atoms with E-state index in [2.05, 4.69) is 101 Å². The predicted octanol–water partition coefficient (Wildman–Crippen LogP) is 15.2. The van der Waals surface area contributed by atoms with Crippen LogP contribution in [0.3, 0.4) is 0 Å². The zero-order chi connectivity index (χ0) is 60.0. The van der Waals surface area contributed by atoms with Crippen LogP contribution in [0.15, 0.2) is 91.0 Å². The molecule has 0 fully saturated rings. The smallest absolute Gasteiger partial charge is 0.222 e. The topological polar surface area (TPSA) is 131 Å². The van der Waals surface area contributed by atoms with Gasteiger partial charge in [0.25, 0.3) is 0 Å². The van der Waals surface area contributed by atoms with Crippen molar-refractivity contribution in [3.63, 3.8) is 0 Å². The molecule has 450 valence electrons. The number of fused-ring (bicyclic) bond motifs is 1. The number of methoxy groups -OCH3 is 6. The maximum atomic E-state index is 11.7. The van der Waals surface area contributed by atoms with Crippen LogP contribution in [-0.4, -0.2) is 88.1 Å². The van der Waals surface area contributed by atoms with Crippen LogP contribution in [0.4, 0.5) is 0 Å². The van der Waals surface area contributed by atoms with Crippen LogP contribution in [0.1, 0.15) is 134 Å². The van der Waals surface area contributed by atoms with E-state index in [1.54, 1.807) is 42.7 Å². The van der Waals surface area contributed by atoms with Crippen molar-refractivity contribution in [2.75, 3.05) is 82.2 Å². The molecule has 14 heteroatoms. The van der Waals surface area contributed by atoms with Crippen LogP contribution < -0.4 is 29.0 Å². The zero-order valence-electron chi connectivity index (χ0n) is 51.8. The fourth-order valence-corrected chi connectivity index (χ4v) is 9.52. The van der Waals surface area contributed by atoms with E-state index >= 15 is 0 Å². The number of hydrogen-bond acceptors (Lipinski definition) is 12. The van der Waals surface area contributed by atoms with Gasteiger partial charge in [-0.05, 0) is 132 Å². The van der Waals surface area contributed by atoms with Crippen molar-refractivity contribution >= 4 is 28.3 Å². The minimum absolute atomic E-state index is 0.0572. The van der Waals surface area contributed by atoms with Crippen LogP contribution in [0.5, 0.6) is 28.7 Å². The molecular weight excluding hydrogens is 1060 g/mol. The lowest BCUT2D eigenvalue weighted by Gasteiger charge is -2.18. The maximum Gasteiger partial charge on any atom is 0.222 e. The van der Waals surface area contributed by atoms with E-state index in [-0.39, 0.29) is 11.8 Å². The Kier molecular flexibility index (Phi) is 31.2. The molecule has 0 saturated carbocycles. The summed E-state index contributed by atoms with van der Waals surface area (Å²) in [5.41, 5.74) is 12.1. The Morgan fingerprint density at radius 2 is 0.902 bits per heavy atom. The summed E-state index contributed by atoms with van der Waals surface area (Å²) in [7, 11) is 10.1. The lowest BCUT2D eigenvalue weighted by Crippen LogP contribution is -2.32. The quantitative estimate of drug-likeness (QED) is 0.0404. The van der Waals surface area contributed by atoms with E-state index in [1.807, 2.05) is 58.0 Å². The van der Waals surface area contributed by atoms with Gasteiger partial charge in [0, 0.05) is 70.8 Å². The highest BCUT2D eigenvalue weighted by atomic mass is 35.5. The summed E-state index contributed by atoms with van der Waals surface area (Å²) >= 11 is 6.40. The molecule has 13 nitrogen and oxygen atoms in total. The van der Waals surface area contributed by atoms with Gasteiger partial charge in [0.15, 0.2) is 0 Å². The van der Waals surface area contributed by atoms with Crippen molar-refractivity contribution in [1.29, 1.82) is 0 Å². The second kappa shape index (κ2) is 37.3. The highest BCUT2D eigenvalue weighted by molar-refractivity contribution is 6.32. The lowest BCUT2D eigenvalue weighted by atomic mass is 9.96. The molecule has 0 radical (unpaired) electrons. The van der Waals surface area contributed by atoms with Gasteiger partial charge in [-0.3, -0.25) is 4.79 Å². The second-order valence-corrected chi connectivity index (χ2v) is 21.1. The Morgan fingerprint density at radius 1 is 0.463 bits per heavy atom. The summed E-state index contributed by atoms with van der Waals surface area (Å²) < 4.78 is 61.6. The first-order chi connectivity index (χ1) is 39.6. The fourth-order valence-electron chi connectivity index (χ4n) is 9.28. The molecule has 3 unspecified atom stereocenters. The summed E-state index contributed by atoms with van der Waals surface area (Å²) in [5.74, 6) is 5.20. The molecule has 0 saturated heterocycles. The molecule has 3 atom stereocenters. The number of halogens is 1. The molecule has 1 amide bonds. The van der Waals surface area contributed by atoms with Gasteiger partial charge in [0.05, 0.1) is 51.2 Å². The van der Waals surface area contributed by atoms with Crippen LogP contribution >= 0.6 is 11.6 Å². The third kappa shape index (κ3) is 22.0. The average Bonchev–Trinajstić information content (AvgIpc) is 3.55. The van der Waals surface area contributed by atoms with E-state index in [4.69, 9.17) is 63.7 Å². The van der Waals surface area contributed by atoms with E-state index < -0.39 is 0 Å². The largest absolute Gasteiger partial charge is 0.491 e. The van der Waals surface area contributed by atoms with Crippen molar-refractivity contribution in [2.24, 2.45) is 5.92 Å². The molecular formula is C68H94ClNO12. The maximum absolute atomic E-state index is 11.7. The Balaban J connectivity index is 0.000000270. The first-order valence-electron chi connectivity index (χ1n) is 28.6. The monoisotopic (exact) mass is 1150 g/mol. The number of nitrogens with one attached hydrogen (secondary N) is 1. The average molecular weight is 1150 g/mol. The van der Waals surface area contributed by atoms with Crippen LogP contribution in [0.2, 0.25) is 5.02 Å². The van der Waals surface area contributed by atoms with E-state index in [9.17, 15) is 4.79 Å². The van der Waals surface area contributed by atoms with E-state index in [1.165, 1.54) is 21.9 Å². The summed E-state index contributed by atoms with van der Waals surface area (Å²) in [6.07, 6.45) is 3.07. The number of amides is 1. The lowest BCUT2D eigenvalue weighted by molar-refractivity contribution is -0.124. The molecule has 1 N–H and O–H groups in total. The number of aryl methyl sites for hydroxylation is 3. The summed E-state index contributed by atoms with van der Waals surface area (Å²) in [6, 6.07) is 31.3. The molecule has 0 spiro atoms. The van der Waals surface area contributed by atoms with Gasteiger partial charge in [-0.25, -0.2) is 0 Å². The molecule has 0 aliphatic carbocycles. The molecule has 0 aliphatic rings.